The number of hydrogen-bond donors (Lipinski definition) is 0. The predicted octanol–water partition coefficient (Wildman–Crippen LogP) is 1.79. The van der Waals surface area contributed by atoms with E-state index in [-0.39, 0.29) is 0 Å². The molecule has 0 aliphatic carbocycles. The standard InChI is InChI=1S/C15H19ClN4O3/c1-21-15-12(9-11-13(19-15)14(16)18-10-17-11)23-6-2-3-20-4-7-22-8-5-20/h9-10H,2-8H2,1H3. The van der Waals surface area contributed by atoms with Crippen LogP contribution in [0.3, 0.4) is 0 Å². The molecule has 0 saturated carbocycles. The monoisotopic (exact) mass is 338 g/mol. The summed E-state index contributed by atoms with van der Waals surface area (Å²) in [5, 5.41) is 0.298. The second-order valence-electron chi connectivity index (χ2n) is 5.18. The fourth-order valence-corrected chi connectivity index (χ4v) is 2.65. The van der Waals surface area contributed by atoms with Gasteiger partial charge in [0, 0.05) is 25.7 Å². The van der Waals surface area contributed by atoms with Crippen molar-refractivity contribution >= 4 is 22.6 Å². The first-order valence-electron chi connectivity index (χ1n) is 7.56. The lowest BCUT2D eigenvalue weighted by molar-refractivity contribution is 0.0357. The van der Waals surface area contributed by atoms with Crippen LogP contribution in [0, 0.1) is 0 Å². The van der Waals surface area contributed by atoms with Crippen LogP contribution in [0.4, 0.5) is 0 Å². The molecule has 0 spiro atoms. The maximum absolute atomic E-state index is 6.03. The Bertz CT molecular complexity index is 664. The second-order valence-corrected chi connectivity index (χ2v) is 5.54. The van der Waals surface area contributed by atoms with E-state index in [1.54, 1.807) is 13.2 Å². The van der Waals surface area contributed by atoms with Crippen LogP contribution in [-0.4, -0.2) is 66.4 Å². The average molecular weight is 339 g/mol. The number of fused-ring (bicyclic) bond motifs is 1. The number of rotatable bonds is 6. The van der Waals surface area contributed by atoms with Crippen molar-refractivity contribution in [2.24, 2.45) is 0 Å². The quantitative estimate of drug-likeness (QED) is 0.587. The van der Waals surface area contributed by atoms with Crippen molar-refractivity contribution in [3.05, 3.63) is 17.5 Å². The molecule has 0 N–H and O–H groups in total. The van der Waals surface area contributed by atoms with E-state index in [1.807, 2.05) is 0 Å². The molecule has 8 heteroatoms. The summed E-state index contributed by atoms with van der Waals surface area (Å²) in [5.41, 5.74) is 1.14. The average Bonchev–Trinajstić information content (AvgIpc) is 2.59. The summed E-state index contributed by atoms with van der Waals surface area (Å²) in [6.07, 6.45) is 2.33. The molecule has 3 rings (SSSR count). The molecule has 124 valence electrons. The van der Waals surface area contributed by atoms with Crippen molar-refractivity contribution in [3.63, 3.8) is 0 Å². The molecule has 1 aliphatic rings. The summed E-state index contributed by atoms with van der Waals surface area (Å²) >= 11 is 6.03. The van der Waals surface area contributed by atoms with Gasteiger partial charge in [-0.05, 0) is 6.42 Å². The molecular weight excluding hydrogens is 320 g/mol. The Kier molecular flexibility index (Phi) is 5.43. The third-order valence-corrected chi connectivity index (χ3v) is 3.95. The van der Waals surface area contributed by atoms with Crippen molar-refractivity contribution in [1.82, 2.24) is 19.9 Å². The molecule has 1 aliphatic heterocycles. The number of morpholine rings is 1. The highest BCUT2D eigenvalue weighted by Crippen LogP contribution is 2.30. The minimum absolute atomic E-state index is 0.298. The number of hydrogen-bond acceptors (Lipinski definition) is 7. The van der Waals surface area contributed by atoms with Gasteiger partial charge in [-0.15, -0.1) is 0 Å². The zero-order chi connectivity index (χ0) is 16.1. The number of methoxy groups -OCH3 is 1. The molecule has 0 bridgehead atoms. The Hall–Kier alpha value is -1.70. The van der Waals surface area contributed by atoms with Crippen molar-refractivity contribution < 1.29 is 14.2 Å². The highest BCUT2D eigenvalue weighted by Gasteiger charge is 2.13. The third-order valence-electron chi connectivity index (χ3n) is 3.67. The smallest absolute Gasteiger partial charge is 0.257 e. The van der Waals surface area contributed by atoms with Crippen molar-refractivity contribution in [2.75, 3.05) is 46.6 Å². The molecule has 2 aromatic rings. The van der Waals surface area contributed by atoms with Gasteiger partial charge in [0.25, 0.3) is 5.88 Å². The fourth-order valence-electron chi connectivity index (χ4n) is 2.47. The van der Waals surface area contributed by atoms with Gasteiger partial charge in [-0.3, -0.25) is 4.90 Å². The zero-order valence-corrected chi connectivity index (χ0v) is 13.8. The Morgan fingerprint density at radius 2 is 2.13 bits per heavy atom. The fraction of sp³-hybridized carbons (Fsp3) is 0.533. The third kappa shape index (κ3) is 3.99. The molecule has 0 unspecified atom stereocenters. The van der Waals surface area contributed by atoms with Crippen LogP contribution < -0.4 is 9.47 Å². The molecule has 3 heterocycles. The topological polar surface area (TPSA) is 69.6 Å². The van der Waals surface area contributed by atoms with Crippen LogP contribution in [0.2, 0.25) is 5.15 Å². The first kappa shape index (κ1) is 16.2. The van der Waals surface area contributed by atoms with E-state index in [9.17, 15) is 0 Å². The lowest BCUT2D eigenvalue weighted by atomic mass is 10.3. The first-order chi connectivity index (χ1) is 11.3. The zero-order valence-electron chi connectivity index (χ0n) is 13.0. The number of ether oxygens (including phenoxy) is 3. The highest BCUT2D eigenvalue weighted by atomic mass is 35.5. The van der Waals surface area contributed by atoms with Crippen LogP contribution >= 0.6 is 11.6 Å². The summed E-state index contributed by atoms with van der Waals surface area (Å²) in [6, 6.07) is 1.78. The van der Waals surface area contributed by atoms with E-state index in [2.05, 4.69) is 19.9 Å². The molecule has 7 nitrogen and oxygen atoms in total. The van der Waals surface area contributed by atoms with Gasteiger partial charge in [0.2, 0.25) is 0 Å². The van der Waals surface area contributed by atoms with Gasteiger partial charge < -0.3 is 14.2 Å². The summed E-state index contributed by atoms with van der Waals surface area (Å²) in [6.45, 7) is 5.15. The van der Waals surface area contributed by atoms with E-state index in [0.717, 1.165) is 39.3 Å². The molecule has 2 aromatic heterocycles. The van der Waals surface area contributed by atoms with Gasteiger partial charge in [0.15, 0.2) is 10.9 Å². The van der Waals surface area contributed by atoms with Gasteiger partial charge >= 0.3 is 0 Å². The Morgan fingerprint density at radius 3 is 2.91 bits per heavy atom. The van der Waals surface area contributed by atoms with Crippen molar-refractivity contribution in [3.8, 4) is 11.6 Å². The highest BCUT2D eigenvalue weighted by molar-refractivity contribution is 6.33. The maximum Gasteiger partial charge on any atom is 0.257 e. The molecule has 1 fully saturated rings. The summed E-state index contributed by atoms with van der Waals surface area (Å²) < 4.78 is 16.4. The van der Waals surface area contributed by atoms with Crippen LogP contribution in [0.15, 0.2) is 12.4 Å². The molecule has 0 aromatic carbocycles. The molecule has 23 heavy (non-hydrogen) atoms. The normalized spacial score (nSPS) is 15.7. The minimum Gasteiger partial charge on any atom is -0.488 e. The summed E-state index contributed by atoms with van der Waals surface area (Å²) in [5.74, 6) is 0.956. The molecule has 1 saturated heterocycles. The first-order valence-corrected chi connectivity index (χ1v) is 7.94. The van der Waals surface area contributed by atoms with Gasteiger partial charge in [-0.1, -0.05) is 11.6 Å². The Labute approximate surface area is 139 Å². The lowest BCUT2D eigenvalue weighted by Gasteiger charge is -2.26. The van der Waals surface area contributed by atoms with Crippen molar-refractivity contribution in [1.29, 1.82) is 0 Å². The minimum atomic E-state index is 0.298. The van der Waals surface area contributed by atoms with E-state index in [1.165, 1.54) is 6.33 Å². The van der Waals surface area contributed by atoms with E-state index >= 15 is 0 Å². The van der Waals surface area contributed by atoms with Gasteiger partial charge in [0.05, 0.1) is 32.4 Å². The largest absolute Gasteiger partial charge is 0.488 e. The van der Waals surface area contributed by atoms with Crippen LogP contribution in [0.5, 0.6) is 11.6 Å². The lowest BCUT2D eigenvalue weighted by Crippen LogP contribution is -2.37. The predicted molar refractivity (Wildman–Crippen MR) is 86.3 cm³/mol. The van der Waals surface area contributed by atoms with Gasteiger partial charge in [0.1, 0.15) is 11.8 Å². The van der Waals surface area contributed by atoms with Crippen molar-refractivity contribution in [2.45, 2.75) is 6.42 Å². The Morgan fingerprint density at radius 1 is 1.30 bits per heavy atom. The molecule has 0 amide bonds. The molecular formula is C15H19ClN4O3. The van der Waals surface area contributed by atoms with Crippen LogP contribution in [0.1, 0.15) is 6.42 Å². The van der Waals surface area contributed by atoms with Crippen LogP contribution in [-0.2, 0) is 4.74 Å². The number of pyridine rings is 1. The summed E-state index contributed by atoms with van der Waals surface area (Å²) in [7, 11) is 1.55. The number of nitrogens with zero attached hydrogens (tertiary/aromatic N) is 4. The number of halogens is 1. The Balaban J connectivity index is 1.62. The van der Waals surface area contributed by atoms with E-state index in [0.29, 0.717) is 34.4 Å². The second kappa shape index (κ2) is 7.72. The van der Waals surface area contributed by atoms with Crippen LogP contribution in [0.25, 0.3) is 11.0 Å². The summed E-state index contributed by atoms with van der Waals surface area (Å²) in [4.78, 5) is 14.8. The van der Waals surface area contributed by atoms with Gasteiger partial charge in [-0.2, -0.15) is 0 Å². The van der Waals surface area contributed by atoms with E-state index < -0.39 is 0 Å². The molecule has 0 radical (unpaired) electrons. The van der Waals surface area contributed by atoms with E-state index in [4.69, 9.17) is 25.8 Å². The van der Waals surface area contributed by atoms with Gasteiger partial charge in [-0.25, -0.2) is 15.0 Å². The molecule has 0 atom stereocenters. The SMILES string of the molecule is COc1nc2c(Cl)ncnc2cc1OCCCN1CCOCC1. The number of aromatic nitrogens is 3. The maximum atomic E-state index is 6.03.